The highest BCUT2D eigenvalue weighted by atomic mass is 79.9. The highest BCUT2D eigenvalue weighted by Crippen LogP contribution is 2.39. The molecule has 0 unspecified atom stereocenters. The van der Waals surface area contributed by atoms with Crippen molar-refractivity contribution in [1.82, 2.24) is 10.3 Å². The summed E-state index contributed by atoms with van der Waals surface area (Å²) in [5.41, 5.74) is 0.841. The molecule has 0 radical (unpaired) electrons. The van der Waals surface area contributed by atoms with Crippen molar-refractivity contribution >= 4 is 15.9 Å². The summed E-state index contributed by atoms with van der Waals surface area (Å²) < 4.78 is 0.852. The molecule has 3 nitrogen and oxygen atoms in total. The molecular weight excluding hydrogens is 304 g/mol. The van der Waals surface area contributed by atoms with Crippen LogP contribution in [0.1, 0.15) is 45.2 Å². The fourth-order valence-corrected chi connectivity index (χ4v) is 2.92. The Bertz CT molecular complexity index is 424. The SMILES string of the molecule is CC1(C)CCC(O)(CNCc2cccc(Br)n2)CC1. The fraction of sp³-hybridized carbons (Fsp3) is 0.667. The molecule has 0 bridgehead atoms. The molecule has 2 N–H and O–H groups in total. The van der Waals surface area contributed by atoms with Crippen molar-refractivity contribution in [2.45, 2.75) is 51.7 Å². The maximum absolute atomic E-state index is 10.5. The Hall–Kier alpha value is -0.450. The number of aromatic nitrogens is 1. The zero-order chi connectivity index (χ0) is 13.9. The number of nitrogens with one attached hydrogen (secondary N) is 1. The van der Waals surface area contributed by atoms with E-state index < -0.39 is 5.60 Å². The predicted molar refractivity (Wildman–Crippen MR) is 80.8 cm³/mol. The highest BCUT2D eigenvalue weighted by molar-refractivity contribution is 9.10. The van der Waals surface area contributed by atoms with Gasteiger partial charge >= 0.3 is 0 Å². The summed E-state index contributed by atoms with van der Waals surface area (Å²) in [5, 5.41) is 13.9. The van der Waals surface area contributed by atoms with Crippen LogP contribution in [0.3, 0.4) is 0 Å². The Morgan fingerprint density at radius 3 is 2.58 bits per heavy atom. The first-order valence-electron chi connectivity index (χ1n) is 6.93. The Kier molecular flexibility index (Phi) is 4.64. The Balaban J connectivity index is 1.79. The maximum Gasteiger partial charge on any atom is 0.106 e. The van der Waals surface area contributed by atoms with Gasteiger partial charge in [0.2, 0.25) is 0 Å². The molecule has 0 saturated heterocycles. The van der Waals surface area contributed by atoms with Gasteiger partial charge in [-0.2, -0.15) is 0 Å². The smallest absolute Gasteiger partial charge is 0.106 e. The van der Waals surface area contributed by atoms with Crippen molar-refractivity contribution in [3.63, 3.8) is 0 Å². The number of halogens is 1. The normalized spacial score (nSPS) is 21.3. The molecule has 1 fully saturated rings. The molecule has 1 heterocycles. The second kappa shape index (κ2) is 5.90. The Labute approximate surface area is 124 Å². The van der Waals surface area contributed by atoms with Crippen LogP contribution in [0, 0.1) is 5.41 Å². The first-order valence-corrected chi connectivity index (χ1v) is 7.73. The first kappa shape index (κ1) is 14.9. The van der Waals surface area contributed by atoms with Crippen LogP contribution in [0.15, 0.2) is 22.8 Å². The van der Waals surface area contributed by atoms with Crippen LogP contribution in [-0.2, 0) is 6.54 Å². The average Bonchev–Trinajstić information content (AvgIpc) is 2.34. The van der Waals surface area contributed by atoms with Crippen LogP contribution in [0.4, 0.5) is 0 Å². The third-order valence-corrected chi connectivity index (χ3v) is 4.51. The Morgan fingerprint density at radius 2 is 1.95 bits per heavy atom. The van der Waals surface area contributed by atoms with Crippen LogP contribution in [0.25, 0.3) is 0 Å². The predicted octanol–water partition coefficient (Wildman–Crippen LogP) is 3.27. The molecule has 4 heteroatoms. The van der Waals surface area contributed by atoms with E-state index in [1.54, 1.807) is 0 Å². The summed E-state index contributed by atoms with van der Waals surface area (Å²) in [4.78, 5) is 4.37. The van der Waals surface area contributed by atoms with E-state index in [4.69, 9.17) is 0 Å². The quantitative estimate of drug-likeness (QED) is 0.835. The second-order valence-corrected chi connectivity index (χ2v) is 7.26. The lowest BCUT2D eigenvalue weighted by atomic mass is 9.71. The molecule has 1 aliphatic rings. The van der Waals surface area contributed by atoms with E-state index in [2.05, 4.69) is 40.1 Å². The van der Waals surface area contributed by atoms with Gasteiger partial charge in [0.1, 0.15) is 4.60 Å². The molecule has 2 rings (SSSR count). The van der Waals surface area contributed by atoms with E-state index >= 15 is 0 Å². The molecule has 1 aliphatic carbocycles. The lowest BCUT2D eigenvalue weighted by Crippen LogP contribution is -2.44. The lowest BCUT2D eigenvalue weighted by molar-refractivity contribution is -0.0245. The summed E-state index contributed by atoms with van der Waals surface area (Å²) in [5.74, 6) is 0. The van der Waals surface area contributed by atoms with Crippen LogP contribution >= 0.6 is 15.9 Å². The zero-order valence-electron chi connectivity index (χ0n) is 11.7. The third-order valence-electron chi connectivity index (χ3n) is 4.07. The third kappa shape index (κ3) is 4.55. The first-order chi connectivity index (χ1) is 8.89. The summed E-state index contributed by atoms with van der Waals surface area (Å²) in [6, 6.07) is 5.89. The van der Waals surface area contributed by atoms with Gasteiger partial charge in [-0.3, -0.25) is 0 Å². The molecule has 1 saturated carbocycles. The lowest BCUT2D eigenvalue weighted by Gasteiger charge is -2.40. The van der Waals surface area contributed by atoms with E-state index in [1.165, 1.54) is 0 Å². The van der Waals surface area contributed by atoms with Crippen molar-refractivity contribution < 1.29 is 5.11 Å². The van der Waals surface area contributed by atoms with Crippen molar-refractivity contribution in [3.05, 3.63) is 28.5 Å². The minimum atomic E-state index is -0.540. The van der Waals surface area contributed by atoms with E-state index in [9.17, 15) is 5.11 Å². The molecule has 1 aromatic rings. The van der Waals surface area contributed by atoms with Crippen molar-refractivity contribution in [2.24, 2.45) is 5.41 Å². The van der Waals surface area contributed by atoms with E-state index in [-0.39, 0.29) is 0 Å². The van der Waals surface area contributed by atoms with Gasteiger partial charge in [-0.05, 0) is 59.2 Å². The summed E-state index contributed by atoms with van der Waals surface area (Å²) in [6.07, 6.45) is 3.97. The molecule has 106 valence electrons. The van der Waals surface area contributed by atoms with Crippen LogP contribution in [0.2, 0.25) is 0 Å². The van der Waals surface area contributed by atoms with E-state index in [1.807, 2.05) is 18.2 Å². The fourth-order valence-electron chi connectivity index (χ4n) is 2.54. The van der Waals surface area contributed by atoms with Gasteiger partial charge in [-0.1, -0.05) is 19.9 Å². The minimum absolute atomic E-state index is 0.387. The zero-order valence-corrected chi connectivity index (χ0v) is 13.3. The highest BCUT2D eigenvalue weighted by Gasteiger charge is 2.36. The monoisotopic (exact) mass is 326 g/mol. The number of pyridine rings is 1. The van der Waals surface area contributed by atoms with Crippen LogP contribution in [-0.4, -0.2) is 22.2 Å². The minimum Gasteiger partial charge on any atom is -0.389 e. The standard InChI is InChI=1S/C15H23BrN2O/c1-14(2)6-8-15(19,9-7-14)11-17-10-12-4-3-5-13(16)18-12/h3-5,17,19H,6-11H2,1-2H3. The molecule has 0 aromatic carbocycles. The van der Waals surface area contributed by atoms with Crippen molar-refractivity contribution in [2.75, 3.05) is 6.54 Å². The summed E-state index contributed by atoms with van der Waals surface area (Å²) >= 11 is 3.37. The largest absolute Gasteiger partial charge is 0.389 e. The van der Waals surface area contributed by atoms with Gasteiger partial charge in [-0.25, -0.2) is 4.98 Å². The van der Waals surface area contributed by atoms with Gasteiger partial charge in [-0.15, -0.1) is 0 Å². The number of hydrogen-bond donors (Lipinski definition) is 2. The second-order valence-electron chi connectivity index (χ2n) is 6.44. The van der Waals surface area contributed by atoms with Crippen molar-refractivity contribution in [3.8, 4) is 0 Å². The molecular formula is C15H23BrN2O. The summed E-state index contributed by atoms with van der Waals surface area (Å²) in [6.45, 7) is 5.92. The molecule has 0 spiro atoms. The molecule has 1 aromatic heterocycles. The van der Waals surface area contributed by atoms with Gasteiger partial charge in [0.05, 0.1) is 11.3 Å². The topological polar surface area (TPSA) is 45.1 Å². The van der Waals surface area contributed by atoms with Gasteiger partial charge in [0.15, 0.2) is 0 Å². The van der Waals surface area contributed by atoms with Crippen LogP contribution in [0.5, 0.6) is 0 Å². The molecule has 19 heavy (non-hydrogen) atoms. The molecule has 0 amide bonds. The summed E-state index contributed by atoms with van der Waals surface area (Å²) in [7, 11) is 0. The average molecular weight is 327 g/mol. The molecule has 0 atom stereocenters. The molecule has 0 aliphatic heterocycles. The Morgan fingerprint density at radius 1 is 1.26 bits per heavy atom. The van der Waals surface area contributed by atoms with Gasteiger partial charge < -0.3 is 10.4 Å². The van der Waals surface area contributed by atoms with Crippen molar-refractivity contribution in [1.29, 1.82) is 0 Å². The van der Waals surface area contributed by atoms with Crippen LogP contribution < -0.4 is 5.32 Å². The van der Waals surface area contributed by atoms with E-state index in [0.717, 1.165) is 36.0 Å². The number of hydrogen-bond acceptors (Lipinski definition) is 3. The number of rotatable bonds is 4. The van der Waals surface area contributed by atoms with Gasteiger partial charge in [0.25, 0.3) is 0 Å². The maximum atomic E-state index is 10.5. The number of aliphatic hydroxyl groups is 1. The van der Waals surface area contributed by atoms with Gasteiger partial charge in [0, 0.05) is 13.1 Å². The van der Waals surface area contributed by atoms with E-state index in [0.29, 0.717) is 18.5 Å². The number of nitrogens with zero attached hydrogens (tertiary/aromatic N) is 1.